The highest BCUT2D eigenvalue weighted by Gasteiger charge is 2.28. The summed E-state index contributed by atoms with van der Waals surface area (Å²) >= 11 is 0. The third kappa shape index (κ3) is 3.45. The standard InChI is InChI=1S/C16H21NO3/c1-12(15(19)13-7-3-2-4-8-13)11-14(18)16(20)17-9-5-6-10-17/h2-4,7-8,12,14,18H,5-6,9-11H2,1H3. The third-order valence-electron chi connectivity index (χ3n) is 3.79. The van der Waals surface area contributed by atoms with Crippen molar-refractivity contribution in [3.8, 4) is 0 Å². The van der Waals surface area contributed by atoms with Crippen LogP contribution >= 0.6 is 0 Å². The summed E-state index contributed by atoms with van der Waals surface area (Å²) in [6.45, 7) is 3.20. The zero-order chi connectivity index (χ0) is 14.5. The number of hydrogen-bond donors (Lipinski definition) is 1. The maximum Gasteiger partial charge on any atom is 0.251 e. The molecule has 2 atom stereocenters. The van der Waals surface area contributed by atoms with Gasteiger partial charge in [0.2, 0.25) is 0 Å². The monoisotopic (exact) mass is 275 g/mol. The van der Waals surface area contributed by atoms with Crippen LogP contribution in [0.1, 0.15) is 36.5 Å². The zero-order valence-electron chi connectivity index (χ0n) is 11.8. The van der Waals surface area contributed by atoms with E-state index in [1.54, 1.807) is 24.0 Å². The number of rotatable bonds is 5. The van der Waals surface area contributed by atoms with Gasteiger partial charge in [0.05, 0.1) is 0 Å². The van der Waals surface area contributed by atoms with Gasteiger partial charge in [-0.1, -0.05) is 37.3 Å². The topological polar surface area (TPSA) is 57.6 Å². The van der Waals surface area contributed by atoms with Crippen molar-refractivity contribution in [1.82, 2.24) is 4.90 Å². The first-order valence-electron chi connectivity index (χ1n) is 7.15. The van der Waals surface area contributed by atoms with Crippen molar-refractivity contribution in [1.29, 1.82) is 0 Å². The molecule has 4 nitrogen and oxygen atoms in total. The quantitative estimate of drug-likeness (QED) is 0.835. The van der Waals surface area contributed by atoms with Crippen molar-refractivity contribution in [2.75, 3.05) is 13.1 Å². The van der Waals surface area contributed by atoms with E-state index in [4.69, 9.17) is 0 Å². The van der Waals surface area contributed by atoms with Crippen LogP contribution < -0.4 is 0 Å². The fourth-order valence-corrected chi connectivity index (χ4v) is 2.58. The average Bonchev–Trinajstić information content (AvgIpc) is 3.00. The van der Waals surface area contributed by atoms with Gasteiger partial charge in [-0.05, 0) is 19.3 Å². The largest absolute Gasteiger partial charge is 0.383 e. The van der Waals surface area contributed by atoms with Crippen LogP contribution in [0.2, 0.25) is 0 Å². The molecule has 1 aliphatic rings. The van der Waals surface area contributed by atoms with Crippen LogP contribution in [-0.4, -0.2) is 40.9 Å². The van der Waals surface area contributed by atoms with Gasteiger partial charge in [0.15, 0.2) is 5.78 Å². The normalized spacial score (nSPS) is 17.8. The number of carbonyl (C=O) groups is 2. The summed E-state index contributed by atoms with van der Waals surface area (Å²) < 4.78 is 0. The van der Waals surface area contributed by atoms with E-state index in [0.717, 1.165) is 25.9 Å². The first-order valence-corrected chi connectivity index (χ1v) is 7.15. The maximum absolute atomic E-state index is 12.2. The van der Waals surface area contributed by atoms with E-state index in [0.29, 0.717) is 5.56 Å². The van der Waals surface area contributed by atoms with Crippen LogP contribution in [0, 0.1) is 5.92 Å². The Bertz CT molecular complexity index is 466. The number of ketones is 1. The molecule has 0 spiro atoms. The lowest BCUT2D eigenvalue weighted by molar-refractivity contribution is -0.139. The molecule has 0 aliphatic carbocycles. The third-order valence-corrected chi connectivity index (χ3v) is 3.79. The van der Waals surface area contributed by atoms with E-state index in [1.807, 2.05) is 18.2 Å². The molecule has 0 bridgehead atoms. The first kappa shape index (κ1) is 14.7. The Kier molecular flexibility index (Phi) is 4.90. The minimum Gasteiger partial charge on any atom is -0.383 e. The lowest BCUT2D eigenvalue weighted by atomic mass is 9.93. The predicted octanol–water partition coefficient (Wildman–Crippen LogP) is 1.88. The molecule has 0 saturated carbocycles. The number of benzene rings is 1. The molecule has 108 valence electrons. The molecule has 4 heteroatoms. The minimum atomic E-state index is -1.07. The molecule has 1 N–H and O–H groups in total. The molecule has 1 fully saturated rings. The van der Waals surface area contributed by atoms with Crippen molar-refractivity contribution in [3.63, 3.8) is 0 Å². The van der Waals surface area contributed by atoms with Gasteiger partial charge in [-0.2, -0.15) is 0 Å². The molecular weight excluding hydrogens is 254 g/mol. The molecule has 1 aliphatic heterocycles. The Hall–Kier alpha value is -1.68. The van der Waals surface area contributed by atoms with E-state index in [-0.39, 0.29) is 24.0 Å². The molecule has 1 saturated heterocycles. The van der Waals surface area contributed by atoms with Gasteiger partial charge < -0.3 is 10.0 Å². The Balaban J connectivity index is 1.91. The van der Waals surface area contributed by atoms with Crippen molar-refractivity contribution in [2.24, 2.45) is 5.92 Å². The highest BCUT2D eigenvalue weighted by atomic mass is 16.3. The molecular formula is C16H21NO3. The van der Waals surface area contributed by atoms with E-state index in [1.165, 1.54) is 0 Å². The Labute approximate surface area is 119 Å². The molecule has 2 rings (SSSR count). The highest BCUT2D eigenvalue weighted by Crippen LogP contribution is 2.17. The number of hydrogen-bond acceptors (Lipinski definition) is 3. The fourth-order valence-electron chi connectivity index (χ4n) is 2.58. The number of nitrogens with zero attached hydrogens (tertiary/aromatic N) is 1. The van der Waals surface area contributed by atoms with Gasteiger partial charge in [-0.15, -0.1) is 0 Å². The lowest BCUT2D eigenvalue weighted by Gasteiger charge is -2.21. The molecule has 1 aromatic rings. The van der Waals surface area contributed by atoms with Gasteiger partial charge in [0.25, 0.3) is 5.91 Å². The first-order chi connectivity index (χ1) is 9.59. The number of Topliss-reactive ketones (excluding diaryl/α,β-unsaturated/α-hetero) is 1. The van der Waals surface area contributed by atoms with Gasteiger partial charge in [0, 0.05) is 24.6 Å². The summed E-state index contributed by atoms with van der Waals surface area (Å²) in [5, 5.41) is 10.0. The van der Waals surface area contributed by atoms with E-state index < -0.39 is 6.10 Å². The van der Waals surface area contributed by atoms with E-state index in [2.05, 4.69) is 0 Å². The molecule has 0 radical (unpaired) electrons. The number of amides is 1. The summed E-state index contributed by atoms with van der Waals surface area (Å²) in [5.74, 6) is -0.631. The maximum atomic E-state index is 12.2. The fraction of sp³-hybridized carbons (Fsp3) is 0.500. The van der Waals surface area contributed by atoms with Crippen molar-refractivity contribution < 1.29 is 14.7 Å². The van der Waals surface area contributed by atoms with Crippen molar-refractivity contribution >= 4 is 11.7 Å². The summed E-state index contributed by atoms with van der Waals surface area (Å²) in [4.78, 5) is 25.9. The molecule has 20 heavy (non-hydrogen) atoms. The van der Waals surface area contributed by atoms with Gasteiger partial charge in [-0.25, -0.2) is 0 Å². The Morgan fingerprint density at radius 2 is 1.80 bits per heavy atom. The molecule has 2 unspecified atom stereocenters. The number of aliphatic hydroxyl groups excluding tert-OH is 1. The van der Waals surface area contributed by atoms with Crippen LogP contribution in [0.25, 0.3) is 0 Å². The van der Waals surface area contributed by atoms with E-state index >= 15 is 0 Å². The lowest BCUT2D eigenvalue weighted by Crippen LogP contribution is -2.38. The van der Waals surface area contributed by atoms with Crippen molar-refractivity contribution in [3.05, 3.63) is 35.9 Å². The summed E-state index contributed by atoms with van der Waals surface area (Å²) in [6, 6.07) is 8.99. The van der Waals surface area contributed by atoms with Gasteiger partial charge in [0.1, 0.15) is 6.10 Å². The van der Waals surface area contributed by atoms with Crippen LogP contribution in [0.15, 0.2) is 30.3 Å². The molecule has 1 heterocycles. The van der Waals surface area contributed by atoms with Crippen LogP contribution in [-0.2, 0) is 4.79 Å². The highest BCUT2D eigenvalue weighted by molar-refractivity contribution is 5.98. The van der Waals surface area contributed by atoms with Crippen molar-refractivity contribution in [2.45, 2.75) is 32.3 Å². The van der Waals surface area contributed by atoms with Gasteiger partial charge in [-0.3, -0.25) is 9.59 Å². The molecule has 1 aromatic carbocycles. The summed E-state index contributed by atoms with van der Waals surface area (Å²) in [7, 11) is 0. The molecule has 1 amide bonds. The summed E-state index contributed by atoms with van der Waals surface area (Å²) in [5.41, 5.74) is 0.626. The Morgan fingerprint density at radius 1 is 1.20 bits per heavy atom. The number of aliphatic hydroxyl groups is 1. The minimum absolute atomic E-state index is 0.0288. The Morgan fingerprint density at radius 3 is 2.40 bits per heavy atom. The average molecular weight is 275 g/mol. The second-order valence-electron chi connectivity index (χ2n) is 5.42. The van der Waals surface area contributed by atoms with Crippen LogP contribution in [0.3, 0.4) is 0 Å². The molecule has 0 aromatic heterocycles. The van der Waals surface area contributed by atoms with Gasteiger partial charge >= 0.3 is 0 Å². The van der Waals surface area contributed by atoms with Crippen LogP contribution in [0.5, 0.6) is 0 Å². The zero-order valence-corrected chi connectivity index (χ0v) is 11.8. The number of carbonyl (C=O) groups excluding carboxylic acids is 2. The second kappa shape index (κ2) is 6.66. The predicted molar refractivity (Wildman–Crippen MR) is 76.4 cm³/mol. The van der Waals surface area contributed by atoms with E-state index in [9.17, 15) is 14.7 Å². The SMILES string of the molecule is CC(CC(O)C(=O)N1CCCC1)C(=O)c1ccccc1. The number of likely N-dealkylation sites (tertiary alicyclic amines) is 1. The smallest absolute Gasteiger partial charge is 0.251 e. The summed E-state index contributed by atoms with van der Waals surface area (Å²) in [6.07, 6.45) is 1.10. The second-order valence-corrected chi connectivity index (χ2v) is 5.42. The van der Waals surface area contributed by atoms with Crippen LogP contribution in [0.4, 0.5) is 0 Å².